The van der Waals surface area contributed by atoms with E-state index >= 15 is 0 Å². The normalized spacial score (nSPS) is 10.4. The van der Waals surface area contributed by atoms with Gasteiger partial charge >= 0.3 is 47.1 Å². The van der Waals surface area contributed by atoms with Crippen LogP contribution in [0, 0.1) is 42.0 Å². The van der Waals surface area contributed by atoms with Gasteiger partial charge in [-0.05, 0) is 219 Å². The van der Waals surface area contributed by atoms with Crippen LogP contribution in [0.15, 0.2) is 176 Å². The molecule has 0 unspecified atom stereocenters. The number of nitrogens with two attached hydrogens (primary N) is 1. The molecule has 0 bridgehead atoms. The fourth-order valence-electron chi connectivity index (χ4n) is 10.8. The smallest absolute Gasteiger partial charge is 1.00 e. The van der Waals surface area contributed by atoms with Crippen LogP contribution >= 0.6 is 34.8 Å². The number of esters is 3. The number of halogens is 7. The predicted octanol–water partition coefficient (Wildman–Crippen LogP) is 13.7. The van der Waals surface area contributed by atoms with Gasteiger partial charge in [-0.1, -0.05) is 84.4 Å². The van der Waals surface area contributed by atoms with E-state index in [0.29, 0.717) is 73.4 Å². The van der Waals surface area contributed by atoms with Crippen molar-refractivity contribution in [2.45, 2.75) is 140 Å². The average molecular weight is 1910 g/mol. The number of rotatable bonds is 27. The molecule has 0 radical (unpaired) electrons. The molecule has 0 aliphatic heterocycles. The molecule has 684 valence electrons. The molecule has 37 heteroatoms. The average Bonchev–Trinajstić information content (AvgIpc) is 0.813. The first-order valence-electron chi connectivity index (χ1n) is 38.8. The van der Waals surface area contributed by atoms with E-state index in [-0.39, 0.29) is 83.7 Å². The largest absolute Gasteiger partial charge is 2.00 e. The topological polar surface area (TPSA) is 356 Å². The molecule has 0 saturated heterocycles. The van der Waals surface area contributed by atoms with Gasteiger partial charge < -0.3 is 97.7 Å². The number of aromatic nitrogens is 10. The van der Waals surface area contributed by atoms with Crippen LogP contribution in [0.25, 0.3) is 0 Å². The van der Waals surface area contributed by atoms with Gasteiger partial charge in [0.25, 0.3) is 0 Å². The van der Waals surface area contributed by atoms with Gasteiger partial charge in [0.2, 0.25) is 22.7 Å². The van der Waals surface area contributed by atoms with Crippen molar-refractivity contribution in [3.63, 3.8) is 0 Å². The molecular formula is C91H109BrCl3F3MgN14O15. The maximum atomic E-state index is 12.2. The van der Waals surface area contributed by atoms with Crippen molar-refractivity contribution in [3.05, 3.63) is 278 Å². The summed E-state index contributed by atoms with van der Waals surface area (Å²) in [5.41, 5.74) is 14.0. The summed E-state index contributed by atoms with van der Waals surface area (Å²) in [6.45, 7) is 25.4. The molecule has 11 aromatic rings. The van der Waals surface area contributed by atoms with Gasteiger partial charge in [-0.25, -0.2) is 64.2 Å². The maximum Gasteiger partial charge on any atom is 2.00 e. The van der Waals surface area contributed by atoms with Crippen LogP contribution in [0.2, 0.25) is 15.7 Å². The Labute approximate surface area is 787 Å². The summed E-state index contributed by atoms with van der Waals surface area (Å²) in [5.74, 6) is 5.97. The number of nitrogens with zero attached hydrogens (tertiary/aromatic N) is 13. The molecule has 128 heavy (non-hydrogen) atoms. The summed E-state index contributed by atoms with van der Waals surface area (Å²) < 4.78 is 76.6. The van der Waals surface area contributed by atoms with Crippen molar-refractivity contribution < 1.29 is 102 Å². The number of ether oxygens (including phenoxy) is 9. The van der Waals surface area contributed by atoms with Crippen LogP contribution in [0.4, 0.5) is 36.4 Å². The summed E-state index contributed by atoms with van der Waals surface area (Å²) in [5, 5.41) is 20.8. The number of benzene rings is 6. The van der Waals surface area contributed by atoms with E-state index in [1.165, 1.54) is 0 Å². The van der Waals surface area contributed by atoms with Gasteiger partial charge in [0.15, 0.2) is 11.6 Å². The van der Waals surface area contributed by atoms with Gasteiger partial charge in [-0.15, -0.1) is 0 Å². The molecule has 0 spiro atoms. The maximum absolute atomic E-state index is 12.2. The number of alkyl halides is 3. The zero-order valence-corrected chi connectivity index (χ0v) is 80.4. The van der Waals surface area contributed by atoms with E-state index in [4.69, 9.17) is 78.5 Å². The van der Waals surface area contributed by atoms with E-state index in [1.807, 2.05) is 167 Å². The number of carbonyl (C=O) groups is 4. The Morgan fingerprint density at radius 3 is 0.891 bits per heavy atom. The monoisotopic (exact) mass is 1900 g/mol. The van der Waals surface area contributed by atoms with Gasteiger partial charge in [-0.2, -0.15) is 13.2 Å². The Balaban J connectivity index is 0.000000538. The second kappa shape index (κ2) is 56.7. The molecule has 0 aliphatic carbocycles. The number of methoxy groups -OCH3 is 6. The van der Waals surface area contributed by atoms with Crippen LogP contribution in [0.5, 0.6) is 34.5 Å². The number of hydrogen-bond donors (Lipinski definition) is 3. The Morgan fingerprint density at radius 2 is 0.641 bits per heavy atom. The van der Waals surface area contributed by atoms with E-state index < -0.39 is 41.6 Å². The third kappa shape index (κ3) is 41.6. The van der Waals surface area contributed by atoms with Crippen molar-refractivity contribution in [3.8, 4) is 34.5 Å². The second-order valence-corrected chi connectivity index (χ2v) is 29.0. The summed E-state index contributed by atoms with van der Waals surface area (Å²) in [4.78, 5) is 90.2. The molecule has 6 aromatic carbocycles. The van der Waals surface area contributed by atoms with Crippen molar-refractivity contribution in [1.29, 1.82) is 0 Å². The second-order valence-electron chi connectivity index (χ2n) is 28.0. The first-order chi connectivity index (χ1) is 59.2. The van der Waals surface area contributed by atoms with E-state index in [2.05, 4.69) is 98.3 Å². The van der Waals surface area contributed by atoms with Crippen LogP contribution in [0.3, 0.4) is 0 Å². The van der Waals surface area contributed by atoms with Crippen molar-refractivity contribution in [2.24, 2.45) is 0 Å². The van der Waals surface area contributed by atoms with Gasteiger partial charge in [0, 0.05) is 92.0 Å². The number of hydrogen-bond acceptors (Lipinski definition) is 29. The number of anilines is 4. The summed E-state index contributed by atoms with van der Waals surface area (Å²) >= 11 is 17.1. The Hall–Kier alpha value is -11.4. The molecule has 29 nitrogen and oxygen atoms in total. The summed E-state index contributed by atoms with van der Waals surface area (Å²) in [7, 11) is 9.93. The van der Waals surface area contributed by atoms with E-state index in [0.717, 1.165) is 102 Å². The molecular weight excluding hydrogens is 1800 g/mol. The predicted molar refractivity (Wildman–Crippen MR) is 485 cm³/mol. The molecule has 5 aromatic heterocycles. The SMILES string of the molecule is CCOC(=O)C(=O)OCC.CCOC(=O)c1nc(C)cc(N(Cc2ccc(OC)cc2)Cc2ccc(OC)cc2)n1.COc1ccc(CN(Cc2ccc(OC)cc2)c2cc(C)nc(C(C)(C)O)n2)cc1.COc1ccc(CN(Cc2ccc(OC)cc2)c2cc(C)nc(Cl)n2)cc1.Cc1cc(Cl)nc(Cl)n1.Cc1cc(N)nc(C(C)(C)O)n1.O=CC(F)(F)F.[Br-].[CH3-].[Mg+2]. The zero-order chi connectivity index (χ0) is 92.6. The number of aryl methyl sites for hydroxylation is 5. The van der Waals surface area contributed by atoms with Crippen LogP contribution < -0.4 is 65.8 Å². The number of carbonyl (C=O) groups excluding carboxylic acids is 4. The fourth-order valence-corrected chi connectivity index (χ4v) is 11.5. The van der Waals surface area contributed by atoms with Gasteiger partial charge in [0.05, 0.1) is 62.5 Å². The molecule has 11 rings (SSSR count). The Morgan fingerprint density at radius 1 is 0.391 bits per heavy atom. The van der Waals surface area contributed by atoms with E-state index in [9.17, 15) is 37.8 Å². The summed E-state index contributed by atoms with van der Waals surface area (Å²) in [6, 6.07) is 56.9. The van der Waals surface area contributed by atoms with Gasteiger partial charge in [-0.3, -0.25) is 4.79 Å². The van der Waals surface area contributed by atoms with Crippen molar-refractivity contribution in [1.82, 2.24) is 49.8 Å². The minimum atomic E-state index is -4.64. The minimum absolute atomic E-state index is 0. The van der Waals surface area contributed by atoms with Crippen LogP contribution in [-0.2, 0) is 79.1 Å². The quantitative estimate of drug-likeness (QED) is 0.00629. The van der Waals surface area contributed by atoms with Gasteiger partial charge in [0.1, 0.15) is 74.1 Å². The first kappa shape index (κ1) is 113. The standard InChI is InChI=1S/C24H27N3O4.C24H29N3O3.C21H22ClN3O2.C8H13N3O.C6H10O4.C5H4Cl2N2.C2HF3O.CH3.BrH.Mg/c1-5-31-24(28)23-25-17(2)14-22(26-23)27(15-18-6-10-20(29-3)11-7-18)16-19-8-12-21(30-4)13-9-19;1-17-14-22(26-23(25-17)24(2,3)28)27(15-18-6-10-20(29-4)11-7-18)16-19-8-12-21(30-5)13-9-19;1-15-12-20(24-21(22)23-15)25(13-16-4-8-18(26-2)9-5-16)14-17-6-10-19(27-3)11-7-17;1-5-4-6(9)11-7(10-5)8(2,3)12;1-3-9-5(7)6(8)10-4-2;1-3-2-4(6)9-5(7)8-3;3-2(4,5)1-6;;;/h6-14H,5,15-16H2,1-4H3;6-14,28H,15-16H2,1-5H3;4-12H,13-14H2,1-3H3;4,12H,1-3H3,(H2,9,10,11);3-4H2,1-2H3;2H,1H3;1H;1H3;1H;/q;;;;;;;-1;;+2/p-1. The van der Waals surface area contributed by atoms with Crippen molar-refractivity contribution in [2.75, 3.05) is 82.9 Å². The number of nitrogen functional groups attached to an aromatic ring is 1. The molecule has 4 N–H and O–H groups in total. The van der Waals surface area contributed by atoms with Crippen LogP contribution in [0.1, 0.15) is 133 Å². The zero-order valence-electron chi connectivity index (χ0n) is 75.1. The Bertz CT molecular complexity index is 4930. The molecule has 0 saturated carbocycles. The molecule has 5 heterocycles. The van der Waals surface area contributed by atoms with Crippen LogP contribution in [-0.4, -0.2) is 176 Å². The fraction of sp³-hybridized carbons (Fsp3) is 0.330. The third-order valence-electron chi connectivity index (χ3n) is 16.7. The minimum Gasteiger partial charge on any atom is -1.00 e. The molecule has 0 fully saturated rings. The molecule has 0 aliphatic rings. The molecule has 0 atom stereocenters. The third-order valence-corrected chi connectivity index (χ3v) is 17.3. The molecule has 0 amide bonds. The van der Waals surface area contributed by atoms with Crippen molar-refractivity contribution >= 4 is 105 Å². The first-order valence-corrected chi connectivity index (χ1v) is 39.9. The number of aliphatic hydroxyl groups is 2. The summed E-state index contributed by atoms with van der Waals surface area (Å²) in [6.07, 6.45) is -5.70. The van der Waals surface area contributed by atoms with E-state index in [1.54, 1.807) is 110 Å². The number of aldehydes is 1. The Kier molecular flexibility index (Phi) is 50.0.